The third-order valence-electron chi connectivity index (χ3n) is 2.66. The van der Waals surface area contributed by atoms with Crippen molar-refractivity contribution in [2.24, 2.45) is 0 Å². The van der Waals surface area contributed by atoms with Gasteiger partial charge in [-0.3, -0.25) is 0 Å². The summed E-state index contributed by atoms with van der Waals surface area (Å²) in [7, 11) is 0. The molecule has 0 spiro atoms. The monoisotopic (exact) mass is 293 g/mol. The molecule has 0 aliphatic carbocycles. The molecule has 19 heavy (non-hydrogen) atoms. The number of nitrogens with zero attached hydrogens (tertiary/aromatic N) is 2. The summed E-state index contributed by atoms with van der Waals surface area (Å²) >= 11 is 3.35. The lowest BCUT2D eigenvalue weighted by Crippen LogP contribution is -2.14. The number of aromatic nitrogens is 2. The Morgan fingerprint density at radius 1 is 1.26 bits per heavy atom. The molecule has 2 rings (SSSR count). The van der Waals surface area contributed by atoms with Crippen LogP contribution in [0.2, 0.25) is 0 Å². The van der Waals surface area contributed by atoms with Crippen LogP contribution < -0.4 is 5.32 Å². The third kappa shape index (κ3) is 4.30. The van der Waals surface area contributed by atoms with Gasteiger partial charge >= 0.3 is 0 Å². The van der Waals surface area contributed by atoms with E-state index in [1.165, 1.54) is 16.0 Å². The molecule has 1 heterocycles. The highest BCUT2D eigenvalue weighted by Gasteiger charge is 2.08. The smallest absolute Gasteiger partial charge is 0.179 e. The van der Waals surface area contributed by atoms with E-state index in [9.17, 15) is 0 Å². The van der Waals surface area contributed by atoms with Crippen LogP contribution in [0, 0.1) is 13.8 Å². The highest BCUT2D eigenvalue weighted by atomic mass is 32.2. The molecule has 0 aliphatic rings. The number of hydrogen-bond donors (Lipinski definition) is 1. The molecule has 0 aliphatic heterocycles. The van der Waals surface area contributed by atoms with E-state index in [0.717, 1.165) is 28.9 Å². The largest absolute Gasteiger partial charge is 0.313 e. The Balaban J connectivity index is 2.14. The maximum absolute atomic E-state index is 4.18. The van der Waals surface area contributed by atoms with Gasteiger partial charge in [0.15, 0.2) is 4.34 Å². The molecule has 0 bridgehead atoms. The summed E-state index contributed by atoms with van der Waals surface area (Å²) in [5.41, 5.74) is 2.64. The first-order chi connectivity index (χ1) is 9.19. The quantitative estimate of drug-likeness (QED) is 0.822. The van der Waals surface area contributed by atoms with Crippen molar-refractivity contribution in [3.8, 4) is 0 Å². The normalized spacial score (nSPS) is 10.9. The first-order valence-electron chi connectivity index (χ1n) is 6.47. The minimum absolute atomic E-state index is 0.912. The Hall–Kier alpha value is -0.910. The zero-order chi connectivity index (χ0) is 13.7. The molecule has 0 amide bonds. The van der Waals surface area contributed by atoms with Crippen LogP contribution >= 0.6 is 23.1 Å². The second-order valence-electron chi connectivity index (χ2n) is 4.48. The van der Waals surface area contributed by atoms with Gasteiger partial charge in [-0.1, -0.05) is 47.7 Å². The molecule has 0 radical (unpaired) electrons. The molecule has 1 aromatic heterocycles. The predicted molar refractivity (Wildman–Crippen MR) is 81.9 cm³/mol. The minimum atomic E-state index is 0.912. The fraction of sp³-hybridized carbons (Fsp3) is 0.429. The first-order valence-corrected chi connectivity index (χ1v) is 8.10. The minimum Gasteiger partial charge on any atom is -0.313 e. The SMILES string of the molecule is CCCNCc1cc(C)ccc1Sc1nnc(C)s1. The number of rotatable bonds is 6. The highest BCUT2D eigenvalue weighted by Crippen LogP contribution is 2.32. The summed E-state index contributed by atoms with van der Waals surface area (Å²) in [6.45, 7) is 8.27. The van der Waals surface area contributed by atoms with Crippen molar-refractivity contribution in [3.05, 3.63) is 34.3 Å². The average Bonchev–Trinajstić information content (AvgIpc) is 2.78. The summed E-state index contributed by atoms with van der Waals surface area (Å²) in [4.78, 5) is 1.27. The van der Waals surface area contributed by atoms with Gasteiger partial charge in [-0.15, -0.1) is 10.2 Å². The van der Waals surface area contributed by atoms with Crippen molar-refractivity contribution in [1.82, 2.24) is 15.5 Å². The Morgan fingerprint density at radius 2 is 2.11 bits per heavy atom. The van der Waals surface area contributed by atoms with E-state index in [-0.39, 0.29) is 0 Å². The van der Waals surface area contributed by atoms with Crippen LogP contribution in [0.4, 0.5) is 0 Å². The second kappa shape index (κ2) is 7.03. The second-order valence-corrected chi connectivity index (χ2v) is 6.95. The lowest BCUT2D eigenvalue weighted by molar-refractivity contribution is 0.669. The summed E-state index contributed by atoms with van der Waals surface area (Å²) < 4.78 is 1.01. The van der Waals surface area contributed by atoms with Crippen molar-refractivity contribution in [3.63, 3.8) is 0 Å². The molecule has 0 unspecified atom stereocenters. The van der Waals surface area contributed by atoms with Crippen LogP contribution in [-0.4, -0.2) is 16.7 Å². The number of aryl methyl sites for hydroxylation is 2. The van der Waals surface area contributed by atoms with Gasteiger partial charge in [-0.2, -0.15) is 0 Å². The Labute approximate surface area is 122 Å². The fourth-order valence-corrected chi connectivity index (χ4v) is 3.64. The van der Waals surface area contributed by atoms with Crippen molar-refractivity contribution >= 4 is 23.1 Å². The van der Waals surface area contributed by atoms with E-state index in [1.54, 1.807) is 23.1 Å². The van der Waals surface area contributed by atoms with Gasteiger partial charge in [-0.05, 0) is 38.4 Å². The van der Waals surface area contributed by atoms with Crippen LogP contribution in [0.5, 0.6) is 0 Å². The zero-order valence-electron chi connectivity index (χ0n) is 11.6. The first kappa shape index (κ1) is 14.5. The van der Waals surface area contributed by atoms with Crippen LogP contribution in [0.3, 0.4) is 0 Å². The molecular weight excluding hydrogens is 274 g/mol. The molecule has 3 nitrogen and oxygen atoms in total. The Morgan fingerprint density at radius 3 is 2.79 bits per heavy atom. The van der Waals surface area contributed by atoms with E-state index >= 15 is 0 Å². The van der Waals surface area contributed by atoms with E-state index in [4.69, 9.17) is 0 Å². The van der Waals surface area contributed by atoms with Gasteiger partial charge in [-0.25, -0.2) is 0 Å². The van der Waals surface area contributed by atoms with E-state index in [1.807, 2.05) is 6.92 Å². The summed E-state index contributed by atoms with van der Waals surface area (Å²) in [6.07, 6.45) is 1.16. The molecule has 1 N–H and O–H groups in total. The fourth-order valence-electron chi connectivity index (χ4n) is 1.76. The summed E-state index contributed by atoms with van der Waals surface area (Å²) in [5.74, 6) is 0. The molecular formula is C14H19N3S2. The van der Waals surface area contributed by atoms with E-state index < -0.39 is 0 Å². The number of nitrogens with one attached hydrogen (secondary N) is 1. The maximum Gasteiger partial charge on any atom is 0.179 e. The standard InChI is InChI=1S/C14H19N3S2/c1-4-7-15-9-12-8-10(2)5-6-13(12)19-14-17-16-11(3)18-14/h5-6,8,15H,4,7,9H2,1-3H3. The zero-order valence-corrected chi connectivity index (χ0v) is 13.2. The van der Waals surface area contributed by atoms with Gasteiger partial charge in [0.1, 0.15) is 5.01 Å². The molecule has 102 valence electrons. The predicted octanol–water partition coefficient (Wildman–Crippen LogP) is 3.81. The van der Waals surface area contributed by atoms with Crippen molar-refractivity contribution in [2.45, 2.75) is 43.0 Å². The molecule has 0 saturated carbocycles. The van der Waals surface area contributed by atoms with Crippen LogP contribution in [-0.2, 0) is 6.54 Å². The van der Waals surface area contributed by atoms with Gasteiger partial charge in [0.05, 0.1) is 0 Å². The lowest BCUT2D eigenvalue weighted by Gasteiger charge is -2.09. The molecule has 0 atom stereocenters. The van der Waals surface area contributed by atoms with Gasteiger partial charge in [0.25, 0.3) is 0 Å². The van der Waals surface area contributed by atoms with Gasteiger partial charge in [0, 0.05) is 11.4 Å². The topological polar surface area (TPSA) is 37.8 Å². The average molecular weight is 293 g/mol. The van der Waals surface area contributed by atoms with Gasteiger partial charge < -0.3 is 5.32 Å². The maximum atomic E-state index is 4.18. The van der Waals surface area contributed by atoms with Gasteiger partial charge in [0.2, 0.25) is 0 Å². The van der Waals surface area contributed by atoms with Crippen LogP contribution in [0.1, 0.15) is 29.5 Å². The van der Waals surface area contributed by atoms with Crippen LogP contribution in [0.15, 0.2) is 27.4 Å². The van der Waals surface area contributed by atoms with Crippen molar-refractivity contribution in [1.29, 1.82) is 0 Å². The van der Waals surface area contributed by atoms with Crippen molar-refractivity contribution in [2.75, 3.05) is 6.54 Å². The molecule has 0 saturated heterocycles. The molecule has 1 aromatic carbocycles. The third-order valence-corrected chi connectivity index (χ3v) is 4.67. The van der Waals surface area contributed by atoms with E-state index in [0.29, 0.717) is 0 Å². The van der Waals surface area contributed by atoms with Crippen molar-refractivity contribution < 1.29 is 0 Å². The molecule has 2 aromatic rings. The highest BCUT2D eigenvalue weighted by molar-refractivity contribution is 8.01. The number of hydrogen-bond acceptors (Lipinski definition) is 5. The lowest BCUT2D eigenvalue weighted by atomic mass is 10.1. The Kier molecular flexibility index (Phi) is 5.36. The van der Waals surface area contributed by atoms with E-state index in [2.05, 4.69) is 47.6 Å². The van der Waals surface area contributed by atoms with Crippen LogP contribution in [0.25, 0.3) is 0 Å². The molecule has 0 fully saturated rings. The number of benzene rings is 1. The summed E-state index contributed by atoms with van der Waals surface area (Å²) in [5, 5.41) is 12.7. The summed E-state index contributed by atoms with van der Waals surface area (Å²) in [6, 6.07) is 6.58. The molecule has 5 heteroatoms. The Bertz CT molecular complexity index is 537.